The summed E-state index contributed by atoms with van der Waals surface area (Å²) in [6.45, 7) is 9.83. The van der Waals surface area contributed by atoms with E-state index in [0.29, 0.717) is 22.3 Å². The molecule has 3 atom stereocenters. The average molecular weight is 207 g/mol. The summed E-state index contributed by atoms with van der Waals surface area (Å²) in [5.74, 6) is 1.77. The molecule has 0 heterocycles. The lowest BCUT2D eigenvalue weighted by Gasteiger charge is -2.72. The van der Waals surface area contributed by atoms with E-state index < -0.39 is 0 Å². The van der Waals surface area contributed by atoms with Crippen LogP contribution in [0.25, 0.3) is 0 Å². The van der Waals surface area contributed by atoms with Gasteiger partial charge in [-0.25, -0.2) is 0 Å². The highest BCUT2D eigenvalue weighted by Gasteiger charge is 2.74. The van der Waals surface area contributed by atoms with Crippen LogP contribution >= 0.6 is 0 Å². The molecule has 1 nitrogen and oxygen atoms in total. The molecule has 3 aliphatic rings. The van der Waals surface area contributed by atoms with Gasteiger partial charge in [-0.3, -0.25) is 0 Å². The lowest BCUT2D eigenvalue weighted by atomic mass is 9.33. The van der Waals surface area contributed by atoms with E-state index in [2.05, 4.69) is 27.7 Å². The van der Waals surface area contributed by atoms with Crippen LogP contribution in [0.2, 0.25) is 0 Å². The predicted molar refractivity (Wildman–Crippen MR) is 63.4 cm³/mol. The first-order valence-electron chi connectivity index (χ1n) is 6.58. The maximum absolute atomic E-state index is 6.61. The molecular formula is C14H25N. The Hall–Kier alpha value is -0.0400. The minimum Gasteiger partial charge on any atom is -0.327 e. The van der Waals surface area contributed by atoms with Gasteiger partial charge in [0.15, 0.2) is 0 Å². The van der Waals surface area contributed by atoms with E-state index in [1.54, 1.807) is 0 Å². The second-order valence-corrected chi connectivity index (χ2v) is 7.61. The Bertz CT molecular complexity index is 284. The quantitative estimate of drug-likeness (QED) is 0.648. The smallest absolute Gasteiger partial charge is 0.0137 e. The molecule has 0 aromatic carbocycles. The maximum atomic E-state index is 6.61. The summed E-state index contributed by atoms with van der Waals surface area (Å²) in [6, 6.07) is 0.481. The van der Waals surface area contributed by atoms with Crippen LogP contribution in [0.3, 0.4) is 0 Å². The molecule has 0 radical (unpaired) electrons. The molecule has 3 unspecified atom stereocenters. The number of fused-ring (bicyclic) bond motifs is 3. The zero-order chi connectivity index (χ0) is 11.1. The fourth-order valence-electron chi connectivity index (χ4n) is 6.61. The monoisotopic (exact) mass is 207 g/mol. The van der Waals surface area contributed by atoms with Crippen molar-refractivity contribution in [1.29, 1.82) is 0 Å². The summed E-state index contributed by atoms with van der Waals surface area (Å²) in [5, 5.41) is 0. The highest BCUT2D eigenvalue weighted by Crippen LogP contribution is 2.78. The summed E-state index contributed by atoms with van der Waals surface area (Å²) in [7, 11) is 0. The summed E-state index contributed by atoms with van der Waals surface area (Å²) in [5.41, 5.74) is 8.04. The van der Waals surface area contributed by atoms with Crippen LogP contribution in [0.5, 0.6) is 0 Å². The van der Waals surface area contributed by atoms with Crippen LogP contribution in [0.15, 0.2) is 0 Å². The Labute approximate surface area is 93.8 Å². The summed E-state index contributed by atoms with van der Waals surface area (Å²) >= 11 is 0. The molecule has 0 amide bonds. The Kier molecular flexibility index (Phi) is 1.65. The van der Waals surface area contributed by atoms with Crippen molar-refractivity contribution in [2.24, 2.45) is 33.8 Å². The molecule has 0 aromatic heterocycles. The Balaban J connectivity index is 2.09. The summed E-state index contributed by atoms with van der Waals surface area (Å²) in [6.07, 6.45) is 5.63. The van der Waals surface area contributed by atoms with Gasteiger partial charge in [0.25, 0.3) is 0 Å². The van der Waals surface area contributed by atoms with Crippen molar-refractivity contribution in [3.63, 3.8) is 0 Å². The molecule has 2 N–H and O–H groups in total. The van der Waals surface area contributed by atoms with Crippen molar-refractivity contribution in [2.45, 2.75) is 59.4 Å². The van der Waals surface area contributed by atoms with Crippen molar-refractivity contribution in [1.82, 2.24) is 0 Å². The number of hydrogen-bond donors (Lipinski definition) is 1. The van der Waals surface area contributed by atoms with E-state index in [-0.39, 0.29) is 0 Å². The van der Waals surface area contributed by atoms with Crippen molar-refractivity contribution in [3.8, 4) is 0 Å². The molecule has 1 spiro atoms. The number of rotatable bonds is 0. The van der Waals surface area contributed by atoms with Gasteiger partial charge in [-0.2, -0.15) is 0 Å². The standard InChI is InChI=1S/C14H25N/c1-12(2)8-13(3,4)14(12)10-6-5-9(7-10)11(14)15/h9-11H,5-8,15H2,1-4H3. The lowest BCUT2D eigenvalue weighted by Crippen LogP contribution is -2.70. The van der Waals surface area contributed by atoms with E-state index in [0.717, 1.165) is 11.8 Å². The molecule has 0 aliphatic heterocycles. The number of nitrogens with two attached hydrogens (primary N) is 1. The van der Waals surface area contributed by atoms with Gasteiger partial charge in [0.05, 0.1) is 0 Å². The first-order chi connectivity index (χ1) is 6.83. The van der Waals surface area contributed by atoms with Crippen LogP contribution in [0, 0.1) is 28.1 Å². The van der Waals surface area contributed by atoms with Crippen molar-refractivity contribution < 1.29 is 0 Å². The molecular weight excluding hydrogens is 182 g/mol. The van der Waals surface area contributed by atoms with Crippen molar-refractivity contribution in [3.05, 3.63) is 0 Å². The minimum absolute atomic E-state index is 0.461. The molecule has 3 fully saturated rings. The number of hydrogen-bond acceptors (Lipinski definition) is 1. The lowest BCUT2D eigenvalue weighted by molar-refractivity contribution is -0.223. The second kappa shape index (κ2) is 2.45. The SMILES string of the molecule is CC1(C)CC(C)(C)C12C1CCC(C1)C2N. The van der Waals surface area contributed by atoms with Crippen LogP contribution in [0.1, 0.15) is 53.4 Å². The molecule has 0 aromatic rings. The normalized spacial score (nSPS) is 48.2. The predicted octanol–water partition coefficient (Wildman–Crippen LogP) is 3.19. The fourth-order valence-corrected chi connectivity index (χ4v) is 6.61. The first kappa shape index (κ1) is 10.1. The van der Waals surface area contributed by atoms with Crippen LogP contribution < -0.4 is 5.73 Å². The third kappa shape index (κ3) is 0.833. The highest BCUT2D eigenvalue weighted by molar-refractivity contribution is 5.25. The molecule has 15 heavy (non-hydrogen) atoms. The average Bonchev–Trinajstić information content (AvgIpc) is 2.59. The Morgan fingerprint density at radius 3 is 1.93 bits per heavy atom. The molecule has 3 aliphatic carbocycles. The molecule has 3 rings (SSSR count). The maximum Gasteiger partial charge on any atom is 0.0137 e. The summed E-state index contributed by atoms with van der Waals surface area (Å²) in [4.78, 5) is 0. The zero-order valence-corrected chi connectivity index (χ0v) is 10.6. The van der Waals surface area contributed by atoms with Gasteiger partial charge in [-0.1, -0.05) is 27.7 Å². The Morgan fingerprint density at radius 1 is 1.00 bits per heavy atom. The Morgan fingerprint density at radius 2 is 1.60 bits per heavy atom. The third-order valence-electron chi connectivity index (χ3n) is 6.27. The van der Waals surface area contributed by atoms with Gasteiger partial charge >= 0.3 is 0 Å². The minimum atomic E-state index is 0.461. The molecule has 1 heteroatoms. The molecule has 3 saturated carbocycles. The molecule has 0 saturated heterocycles. The largest absolute Gasteiger partial charge is 0.327 e. The van der Waals surface area contributed by atoms with Crippen molar-refractivity contribution >= 4 is 0 Å². The van der Waals surface area contributed by atoms with E-state index in [9.17, 15) is 0 Å². The van der Waals surface area contributed by atoms with Crippen molar-refractivity contribution in [2.75, 3.05) is 0 Å². The van der Waals surface area contributed by atoms with E-state index in [4.69, 9.17) is 5.73 Å². The van der Waals surface area contributed by atoms with E-state index >= 15 is 0 Å². The second-order valence-electron chi connectivity index (χ2n) is 7.61. The highest BCUT2D eigenvalue weighted by atomic mass is 14.9. The first-order valence-corrected chi connectivity index (χ1v) is 6.58. The molecule has 2 bridgehead atoms. The van der Waals surface area contributed by atoms with Gasteiger partial charge in [0, 0.05) is 6.04 Å². The third-order valence-corrected chi connectivity index (χ3v) is 6.27. The zero-order valence-electron chi connectivity index (χ0n) is 10.6. The van der Waals surface area contributed by atoms with E-state index in [1.807, 2.05) is 0 Å². The van der Waals surface area contributed by atoms with Gasteiger partial charge in [-0.15, -0.1) is 0 Å². The van der Waals surface area contributed by atoms with Crippen LogP contribution in [-0.2, 0) is 0 Å². The molecule has 86 valence electrons. The van der Waals surface area contributed by atoms with Gasteiger partial charge < -0.3 is 5.73 Å². The van der Waals surface area contributed by atoms with Crippen LogP contribution in [0.4, 0.5) is 0 Å². The van der Waals surface area contributed by atoms with Crippen LogP contribution in [-0.4, -0.2) is 6.04 Å². The van der Waals surface area contributed by atoms with Gasteiger partial charge in [0.1, 0.15) is 0 Å². The topological polar surface area (TPSA) is 26.0 Å². The van der Waals surface area contributed by atoms with Gasteiger partial charge in [-0.05, 0) is 53.8 Å². The fraction of sp³-hybridized carbons (Fsp3) is 1.00. The van der Waals surface area contributed by atoms with Gasteiger partial charge in [0.2, 0.25) is 0 Å². The summed E-state index contributed by atoms with van der Waals surface area (Å²) < 4.78 is 0. The van der Waals surface area contributed by atoms with E-state index in [1.165, 1.54) is 25.7 Å².